The molecule has 0 aliphatic carbocycles. The van der Waals surface area contributed by atoms with Crippen LogP contribution in [-0.4, -0.2) is 11.9 Å². The lowest BCUT2D eigenvalue weighted by molar-refractivity contribution is -0.119. The third-order valence-corrected chi connectivity index (χ3v) is 3.37. The first-order valence-corrected chi connectivity index (χ1v) is 6.21. The minimum absolute atomic E-state index is 0.0345. The summed E-state index contributed by atoms with van der Waals surface area (Å²) < 4.78 is 0. The third-order valence-electron chi connectivity index (χ3n) is 2.63. The molecule has 1 aromatic rings. The highest BCUT2D eigenvalue weighted by Crippen LogP contribution is 2.27. The average molecular weight is 275 g/mol. The van der Waals surface area contributed by atoms with Gasteiger partial charge in [-0.3, -0.25) is 10.1 Å². The second-order valence-corrected chi connectivity index (χ2v) is 4.74. The topological polar surface area (TPSA) is 55.1 Å². The first-order valence-electron chi connectivity index (χ1n) is 5.46. The minimum Gasteiger partial charge on any atom is -0.368 e. The van der Waals surface area contributed by atoms with Crippen LogP contribution in [0.25, 0.3) is 0 Å². The van der Waals surface area contributed by atoms with Crippen molar-refractivity contribution in [1.29, 1.82) is 0 Å². The molecule has 3 nitrogen and oxygen atoms in total. The summed E-state index contributed by atoms with van der Waals surface area (Å²) in [4.78, 5) is 11.0. The Balaban J connectivity index is 2.86. The molecule has 1 amide bonds. The van der Waals surface area contributed by atoms with Crippen molar-refractivity contribution in [2.45, 2.75) is 32.4 Å². The van der Waals surface area contributed by atoms with Crippen LogP contribution in [0.3, 0.4) is 0 Å². The smallest absolute Gasteiger partial charge is 0.234 e. The number of hydrogen-bond donors (Lipinski definition) is 2. The fraction of sp³-hybridized carbons (Fsp3) is 0.417. The Morgan fingerprint density at radius 3 is 2.53 bits per heavy atom. The van der Waals surface area contributed by atoms with E-state index in [9.17, 15) is 4.79 Å². The molecule has 0 saturated carbocycles. The van der Waals surface area contributed by atoms with E-state index in [1.165, 1.54) is 0 Å². The quantitative estimate of drug-likeness (QED) is 0.868. The van der Waals surface area contributed by atoms with Crippen molar-refractivity contribution in [3.63, 3.8) is 0 Å². The molecule has 0 aromatic heterocycles. The summed E-state index contributed by atoms with van der Waals surface area (Å²) in [7, 11) is 0. The van der Waals surface area contributed by atoms with Gasteiger partial charge in [0.2, 0.25) is 5.91 Å². The number of rotatable bonds is 5. The van der Waals surface area contributed by atoms with E-state index in [0.717, 1.165) is 12.0 Å². The Kier molecular flexibility index (Phi) is 5.25. The Morgan fingerprint density at radius 1 is 1.41 bits per heavy atom. The predicted molar refractivity (Wildman–Crippen MR) is 71.3 cm³/mol. The molecular formula is C12H16Cl2N2O. The summed E-state index contributed by atoms with van der Waals surface area (Å²) in [5.41, 5.74) is 6.22. The molecule has 0 saturated heterocycles. The Labute approximate surface area is 111 Å². The number of hydrogen-bond acceptors (Lipinski definition) is 2. The lowest BCUT2D eigenvalue weighted by atomic mass is 10.0. The van der Waals surface area contributed by atoms with Crippen LogP contribution in [0.2, 0.25) is 10.0 Å². The van der Waals surface area contributed by atoms with Gasteiger partial charge in [-0.2, -0.15) is 0 Å². The summed E-state index contributed by atoms with van der Waals surface area (Å²) in [6.07, 6.45) is 0.829. The number of primary amides is 1. The minimum atomic E-state index is -0.380. The second-order valence-electron chi connectivity index (χ2n) is 3.93. The van der Waals surface area contributed by atoms with E-state index in [4.69, 9.17) is 28.9 Å². The molecule has 0 bridgehead atoms. The maximum Gasteiger partial charge on any atom is 0.234 e. The standard InChI is InChI=1S/C12H16Cl2N2O/c1-3-11(16-7(2)12(15)17)8-4-5-9(13)10(14)6-8/h4-7,11,16H,3H2,1-2H3,(H2,15,17). The van der Waals surface area contributed by atoms with Crippen LogP contribution in [0.4, 0.5) is 0 Å². The summed E-state index contributed by atoms with van der Waals surface area (Å²) >= 11 is 11.8. The van der Waals surface area contributed by atoms with Gasteiger partial charge in [-0.1, -0.05) is 36.2 Å². The molecule has 17 heavy (non-hydrogen) atoms. The van der Waals surface area contributed by atoms with Crippen molar-refractivity contribution < 1.29 is 4.79 Å². The Morgan fingerprint density at radius 2 is 2.06 bits per heavy atom. The van der Waals surface area contributed by atoms with Crippen molar-refractivity contribution in [1.82, 2.24) is 5.32 Å². The van der Waals surface area contributed by atoms with Gasteiger partial charge < -0.3 is 5.73 Å². The van der Waals surface area contributed by atoms with Crippen molar-refractivity contribution >= 4 is 29.1 Å². The van der Waals surface area contributed by atoms with Gasteiger partial charge in [-0.05, 0) is 31.0 Å². The second kappa shape index (κ2) is 6.24. The average Bonchev–Trinajstić information content (AvgIpc) is 2.29. The van der Waals surface area contributed by atoms with Gasteiger partial charge in [0, 0.05) is 6.04 Å². The van der Waals surface area contributed by atoms with E-state index < -0.39 is 0 Å². The molecule has 2 atom stereocenters. The van der Waals surface area contributed by atoms with Gasteiger partial charge in [0.25, 0.3) is 0 Å². The van der Waals surface area contributed by atoms with Crippen LogP contribution in [0, 0.1) is 0 Å². The zero-order chi connectivity index (χ0) is 13.0. The lowest BCUT2D eigenvalue weighted by Crippen LogP contribution is -2.40. The van der Waals surface area contributed by atoms with Gasteiger partial charge in [0.15, 0.2) is 0 Å². The normalized spacial score (nSPS) is 14.4. The highest BCUT2D eigenvalue weighted by Gasteiger charge is 2.16. The van der Waals surface area contributed by atoms with E-state index >= 15 is 0 Å². The van der Waals surface area contributed by atoms with Crippen LogP contribution in [0.5, 0.6) is 0 Å². The lowest BCUT2D eigenvalue weighted by Gasteiger charge is -2.21. The molecule has 0 aliphatic heterocycles. The molecule has 0 aliphatic rings. The SMILES string of the molecule is CCC(NC(C)C(N)=O)c1ccc(Cl)c(Cl)c1. The zero-order valence-corrected chi connectivity index (χ0v) is 11.3. The number of halogens is 2. The zero-order valence-electron chi connectivity index (χ0n) is 9.84. The maximum atomic E-state index is 11.0. The Hall–Kier alpha value is -0.770. The summed E-state index contributed by atoms with van der Waals surface area (Å²) in [6, 6.07) is 5.10. The molecular weight excluding hydrogens is 259 g/mol. The van der Waals surface area contributed by atoms with Crippen LogP contribution in [0.15, 0.2) is 18.2 Å². The van der Waals surface area contributed by atoms with Crippen LogP contribution in [-0.2, 0) is 4.79 Å². The molecule has 2 unspecified atom stereocenters. The molecule has 3 N–H and O–H groups in total. The van der Waals surface area contributed by atoms with Crippen LogP contribution < -0.4 is 11.1 Å². The van der Waals surface area contributed by atoms with Crippen molar-refractivity contribution in [3.05, 3.63) is 33.8 Å². The number of amides is 1. The number of benzene rings is 1. The van der Waals surface area contributed by atoms with E-state index in [-0.39, 0.29) is 18.0 Å². The third kappa shape index (κ3) is 3.87. The maximum absolute atomic E-state index is 11.0. The molecule has 94 valence electrons. The first kappa shape index (κ1) is 14.3. The highest BCUT2D eigenvalue weighted by atomic mass is 35.5. The molecule has 0 radical (unpaired) electrons. The molecule has 0 heterocycles. The van der Waals surface area contributed by atoms with Crippen molar-refractivity contribution in [2.75, 3.05) is 0 Å². The molecule has 0 fully saturated rings. The monoisotopic (exact) mass is 274 g/mol. The van der Waals surface area contributed by atoms with Gasteiger partial charge in [-0.25, -0.2) is 0 Å². The van der Waals surface area contributed by atoms with E-state index in [2.05, 4.69) is 5.32 Å². The van der Waals surface area contributed by atoms with E-state index in [1.807, 2.05) is 13.0 Å². The number of nitrogens with one attached hydrogen (secondary N) is 1. The van der Waals surface area contributed by atoms with Gasteiger partial charge in [0.05, 0.1) is 16.1 Å². The summed E-state index contributed by atoms with van der Waals surface area (Å²) in [6.45, 7) is 3.76. The van der Waals surface area contributed by atoms with Crippen molar-refractivity contribution in [2.24, 2.45) is 5.73 Å². The largest absolute Gasteiger partial charge is 0.368 e. The van der Waals surface area contributed by atoms with Crippen LogP contribution in [0.1, 0.15) is 31.9 Å². The van der Waals surface area contributed by atoms with Crippen LogP contribution >= 0.6 is 23.2 Å². The highest BCUT2D eigenvalue weighted by molar-refractivity contribution is 6.42. The Bertz CT molecular complexity index is 409. The summed E-state index contributed by atoms with van der Waals surface area (Å²) in [5.74, 6) is -0.372. The fourth-order valence-corrected chi connectivity index (χ4v) is 1.87. The van der Waals surface area contributed by atoms with Crippen molar-refractivity contribution in [3.8, 4) is 0 Å². The predicted octanol–water partition coefficient (Wildman–Crippen LogP) is 2.91. The summed E-state index contributed by atoms with van der Waals surface area (Å²) in [5, 5.41) is 4.18. The van der Waals surface area contributed by atoms with E-state index in [1.54, 1.807) is 19.1 Å². The van der Waals surface area contributed by atoms with Gasteiger partial charge >= 0.3 is 0 Å². The molecule has 0 spiro atoms. The number of carbonyl (C=O) groups excluding carboxylic acids is 1. The van der Waals surface area contributed by atoms with E-state index in [0.29, 0.717) is 10.0 Å². The molecule has 5 heteroatoms. The molecule has 1 aromatic carbocycles. The fourth-order valence-electron chi connectivity index (χ4n) is 1.56. The number of nitrogens with two attached hydrogens (primary N) is 1. The molecule has 1 rings (SSSR count). The first-order chi connectivity index (χ1) is 7.95. The number of carbonyl (C=O) groups is 1. The van der Waals surface area contributed by atoms with Gasteiger partial charge in [0.1, 0.15) is 0 Å². The van der Waals surface area contributed by atoms with Gasteiger partial charge in [-0.15, -0.1) is 0 Å².